The maximum absolute atomic E-state index is 12.3. The molecule has 0 spiro atoms. The molecular formula is C20H15N3O4S2. The van der Waals surface area contributed by atoms with Crippen LogP contribution in [0.1, 0.15) is 5.76 Å². The SMILES string of the molecule is O=C(C=Cc1cc2ccccc2o1)Nc1ccc(S(=O)(=O)Nc2nccs2)cc1. The van der Waals surface area contributed by atoms with Gasteiger partial charge >= 0.3 is 0 Å². The number of anilines is 2. The minimum atomic E-state index is -3.73. The van der Waals surface area contributed by atoms with Crippen LogP contribution >= 0.6 is 11.3 Å². The third kappa shape index (κ3) is 4.53. The monoisotopic (exact) mass is 425 g/mol. The van der Waals surface area contributed by atoms with E-state index in [0.29, 0.717) is 11.4 Å². The summed E-state index contributed by atoms with van der Waals surface area (Å²) in [7, 11) is -3.73. The quantitative estimate of drug-likeness (QED) is 0.448. The van der Waals surface area contributed by atoms with E-state index < -0.39 is 10.0 Å². The van der Waals surface area contributed by atoms with Gasteiger partial charge in [-0.3, -0.25) is 9.52 Å². The fourth-order valence-electron chi connectivity index (χ4n) is 2.59. The Labute approximate surface area is 170 Å². The molecule has 0 bridgehead atoms. The zero-order chi connectivity index (χ0) is 20.3. The van der Waals surface area contributed by atoms with Crippen LogP contribution in [0.15, 0.2) is 81.6 Å². The molecule has 0 atom stereocenters. The molecule has 0 fully saturated rings. The Kier molecular flexibility index (Phi) is 5.15. The lowest BCUT2D eigenvalue weighted by Gasteiger charge is -2.07. The second kappa shape index (κ2) is 7.90. The standard InChI is InChI=1S/C20H15N3O4S2/c24-19(10-7-16-13-14-3-1-2-4-18(14)27-16)22-15-5-8-17(9-6-15)29(25,26)23-20-21-11-12-28-20/h1-13H,(H,21,23)(H,22,24). The number of carbonyl (C=O) groups is 1. The van der Waals surface area contributed by atoms with Crippen molar-refractivity contribution < 1.29 is 17.6 Å². The lowest BCUT2D eigenvalue weighted by molar-refractivity contribution is -0.111. The number of aromatic nitrogens is 1. The number of hydrogen-bond donors (Lipinski definition) is 2. The Balaban J connectivity index is 1.40. The van der Waals surface area contributed by atoms with E-state index in [1.165, 1.54) is 47.9 Å². The molecule has 0 radical (unpaired) electrons. The Morgan fingerprint density at radius 1 is 1.10 bits per heavy atom. The van der Waals surface area contributed by atoms with Crippen molar-refractivity contribution >= 4 is 55.1 Å². The predicted molar refractivity (Wildman–Crippen MR) is 113 cm³/mol. The van der Waals surface area contributed by atoms with Crippen LogP contribution < -0.4 is 10.0 Å². The highest BCUT2D eigenvalue weighted by Gasteiger charge is 2.15. The van der Waals surface area contributed by atoms with Gasteiger partial charge in [-0.1, -0.05) is 18.2 Å². The van der Waals surface area contributed by atoms with Gasteiger partial charge in [0.2, 0.25) is 5.91 Å². The van der Waals surface area contributed by atoms with Crippen molar-refractivity contribution in [3.05, 3.63) is 78.0 Å². The van der Waals surface area contributed by atoms with Crippen LogP contribution in [0.2, 0.25) is 0 Å². The number of furan rings is 1. The number of thiazole rings is 1. The highest BCUT2D eigenvalue weighted by atomic mass is 32.2. The van der Waals surface area contributed by atoms with Crippen LogP contribution in [-0.2, 0) is 14.8 Å². The van der Waals surface area contributed by atoms with Crippen LogP contribution in [0.3, 0.4) is 0 Å². The number of carbonyl (C=O) groups excluding carboxylic acids is 1. The maximum Gasteiger partial charge on any atom is 0.263 e. The number of nitrogens with zero attached hydrogens (tertiary/aromatic N) is 1. The van der Waals surface area contributed by atoms with Gasteiger partial charge in [0.25, 0.3) is 10.0 Å². The summed E-state index contributed by atoms with van der Waals surface area (Å²) < 4.78 is 32.6. The minimum absolute atomic E-state index is 0.0727. The zero-order valence-electron chi connectivity index (χ0n) is 14.9. The summed E-state index contributed by atoms with van der Waals surface area (Å²) in [4.78, 5) is 16.1. The fourth-order valence-corrected chi connectivity index (χ4v) is 4.38. The molecule has 29 heavy (non-hydrogen) atoms. The minimum Gasteiger partial charge on any atom is -0.457 e. The van der Waals surface area contributed by atoms with Crippen molar-refractivity contribution in [2.75, 3.05) is 10.0 Å². The Morgan fingerprint density at radius 3 is 2.62 bits per heavy atom. The van der Waals surface area contributed by atoms with Gasteiger partial charge in [0.1, 0.15) is 11.3 Å². The third-order valence-electron chi connectivity index (χ3n) is 3.93. The highest BCUT2D eigenvalue weighted by molar-refractivity contribution is 7.93. The van der Waals surface area contributed by atoms with Crippen molar-refractivity contribution in [1.82, 2.24) is 4.98 Å². The summed E-state index contributed by atoms with van der Waals surface area (Å²) in [6.07, 6.45) is 4.44. The second-order valence-electron chi connectivity index (χ2n) is 5.98. The average molecular weight is 425 g/mol. The van der Waals surface area contributed by atoms with Crippen molar-refractivity contribution in [1.29, 1.82) is 0 Å². The number of rotatable bonds is 6. The van der Waals surface area contributed by atoms with E-state index in [2.05, 4.69) is 15.0 Å². The van der Waals surface area contributed by atoms with Crippen molar-refractivity contribution in [2.45, 2.75) is 4.90 Å². The maximum atomic E-state index is 12.3. The molecule has 2 aromatic carbocycles. The van der Waals surface area contributed by atoms with Crippen LogP contribution in [-0.4, -0.2) is 19.3 Å². The van der Waals surface area contributed by atoms with Gasteiger partial charge in [-0.2, -0.15) is 0 Å². The summed E-state index contributed by atoms with van der Waals surface area (Å²) in [6.45, 7) is 0. The molecule has 7 nitrogen and oxygen atoms in total. The first kappa shape index (κ1) is 18.9. The lowest BCUT2D eigenvalue weighted by Crippen LogP contribution is -2.13. The van der Waals surface area contributed by atoms with E-state index in [-0.39, 0.29) is 15.9 Å². The molecule has 2 heterocycles. The molecule has 9 heteroatoms. The van der Waals surface area contributed by atoms with E-state index in [9.17, 15) is 13.2 Å². The van der Waals surface area contributed by atoms with Gasteiger partial charge in [0.15, 0.2) is 5.13 Å². The fraction of sp³-hybridized carbons (Fsp3) is 0. The van der Waals surface area contributed by atoms with E-state index in [1.54, 1.807) is 11.5 Å². The van der Waals surface area contributed by atoms with Gasteiger partial charge in [-0.25, -0.2) is 13.4 Å². The molecule has 4 aromatic rings. The van der Waals surface area contributed by atoms with Crippen molar-refractivity contribution in [2.24, 2.45) is 0 Å². The molecule has 0 unspecified atom stereocenters. The smallest absolute Gasteiger partial charge is 0.263 e. The number of benzene rings is 2. The Bertz CT molecular complexity index is 1240. The van der Waals surface area contributed by atoms with Crippen LogP contribution in [0, 0.1) is 0 Å². The van der Waals surface area contributed by atoms with Crippen molar-refractivity contribution in [3.8, 4) is 0 Å². The highest BCUT2D eigenvalue weighted by Crippen LogP contribution is 2.21. The molecule has 0 aliphatic carbocycles. The first-order valence-electron chi connectivity index (χ1n) is 8.50. The molecule has 0 saturated carbocycles. The summed E-state index contributed by atoms with van der Waals surface area (Å²) in [5.74, 6) is 0.207. The number of nitrogens with one attached hydrogen (secondary N) is 2. The molecular weight excluding hydrogens is 410 g/mol. The van der Waals surface area contributed by atoms with Gasteiger partial charge in [-0.05, 0) is 42.5 Å². The largest absolute Gasteiger partial charge is 0.457 e. The van der Waals surface area contributed by atoms with Crippen molar-refractivity contribution in [3.63, 3.8) is 0 Å². The topological polar surface area (TPSA) is 101 Å². The molecule has 0 saturated heterocycles. The van der Waals surface area contributed by atoms with Crippen LogP contribution in [0.25, 0.3) is 17.0 Å². The van der Waals surface area contributed by atoms with Gasteiger partial charge in [0.05, 0.1) is 4.90 Å². The number of fused-ring (bicyclic) bond motifs is 1. The van der Waals surface area contributed by atoms with Crippen LogP contribution in [0.5, 0.6) is 0 Å². The summed E-state index contributed by atoms with van der Waals surface area (Å²) in [6, 6.07) is 15.3. The van der Waals surface area contributed by atoms with Gasteiger partial charge in [-0.15, -0.1) is 11.3 Å². The zero-order valence-corrected chi connectivity index (χ0v) is 16.5. The number of hydrogen-bond acceptors (Lipinski definition) is 6. The van der Waals surface area contributed by atoms with E-state index in [0.717, 1.165) is 11.0 Å². The lowest BCUT2D eigenvalue weighted by atomic mass is 10.2. The van der Waals surface area contributed by atoms with Gasteiger partial charge in [0, 0.05) is 28.7 Å². The molecule has 2 aromatic heterocycles. The molecule has 0 aliphatic heterocycles. The summed E-state index contributed by atoms with van der Waals surface area (Å²) in [5.41, 5.74) is 1.22. The predicted octanol–water partition coefficient (Wildman–Crippen LogP) is 4.34. The van der Waals surface area contributed by atoms with Crippen LogP contribution in [0.4, 0.5) is 10.8 Å². The molecule has 2 N–H and O–H groups in total. The van der Waals surface area contributed by atoms with E-state index >= 15 is 0 Å². The molecule has 4 rings (SSSR count). The number of sulfonamides is 1. The number of para-hydroxylation sites is 1. The second-order valence-corrected chi connectivity index (χ2v) is 8.55. The first-order valence-corrected chi connectivity index (χ1v) is 10.9. The Hall–Kier alpha value is -3.43. The third-order valence-corrected chi connectivity index (χ3v) is 6.10. The molecule has 1 amide bonds. The summed E-state index contributed by atoms with van der Waals surface area (Å²) in [5, 5.41) is 5.60. The number of amides is 1. The first-order chi connectivity index (χ1) is 14.0. The normalized spacial score (nSPS) is 11.7. The average Bonchev–Trinajstić information content (AvgIpc) is 3.35. The molecule has 146 valence electrons. The summed E-state index contributed by atoms with van der Waals surface area (Å²) >= 11 is 1.19. The Morgan fingerprint density at radius 2 is 1.90 bits per heavy atom. The van der Waals surface area contributed by atoms with Gasteiger partial charge < -0.3 is 9.73 Å². The van der Waals surface area contributed by atoms with E-state index in [4.69, 9.17) is 4.42 Å². The van der Waals surface area contributed by atoms with E-state index in [1.807, 2.05) is 30.3 Å². The molecule has 0 aliphatic rings.